The molecule has 3 heterocycles. The number of rotatable bonds is 7. The highest BCUT2D eigenvalue weighted by molar-refractivity contribution is 5.80. The van der Waals surface area contributed by atoms with Gasteiger partial charge in [-0.3, -0.25) is 0 Å². The molecule has 1 fully saturated rings. The number of ether oxygens (including phenoxy) is 1. The van der Waals surface area contributed by atoms with E-state index in [-0.39, 0.29) is 6.61 Å². The quantitative estimate of drug-likeness (QED) is 0.521. The van der Waals surface area contributed by atoms with Crippen LogP contribution in [0.15, 0.2) is 36.4 Å². The van der Waals surface area contributed by atoms with E-state index in [2.05, 4.69) is 43.8 Å². The molecule has 0 unspecified atom stereocenters. The minimum atomic E-state index is 0.0396. The number of para-hydroxylation sites is 1. The molecule has 1 aliphatic rings. The molecular formula is C19H23N5O2. The molecule has 0 bridgehead atoms. The van der Waals surface area contributed by atoms with E-state index >= 15 is 0 Å². The zero-order valence-corrected chi connectivity index (χ0v) is 14.5. The number of aromatic amines is 1. The Morgan fingerprint density at radius 1 is 1.19 bits per heavy atom. The number of hydrogen-bond acceptors (Lipinski definition) is 6. The van der Waals surface area contributed by atoms with Gasteiger partial charge in [-0.25, -0.2) is 4.98 Å². The summed E-state index contributed by atoms with van der Waals surface area (Å²) < 4.78 is 5.49. The highest BCUT2D eigenvalue weighted by atomic mass is 16.5. The summed E-state index contributed by atoms with van der Waals surface area (Å²) >= 11 is 0. The molecule has 1 aromatic carbocycles. The molecule has 4 N–H and O–H groups in total. The Hall–Kier alpha value is -2.64. The van der Waals surface area contributed by atoms with E-state index in [1.807, 2.05) is 18.2 Å². The Morgan fingerprint density at radius 2 is 2.12 bits per heavy atom. The summed E-state index contributed by atoms with van der Waals surface area (Å²) in [4.78, 5) is 12.5. The second-order valence-corrected chi connectivity index (χ2v) is 6.45. The average molecular weight is 353 g/mol. The van der Waals surface area contributed by atoms with Gasteiger partial charge < -0.3 is 25.5 Å². The molecule has 1 saturated heterocycles. The van der Waals surface area contributed by atoms with E-state index in [4.69, 9.17) is 9.84 Å². The molecule has 136 valence electrons. The maximum atomic E-state index is 9.04. The molecule has 2 aromatic heterocycles. The van der Waals surface area contributed by atoms with Gasteiger partial charge >= 0.3 is 0 Å². The molecular weight excluding hydrogens is 330 g/mol. The lowest BCUT2D eigenvalue weighted by atomic mass is 10.0. The Bertz CT molecular complexity index is 840. The third-order valence-electron chi connectivity index (χ3n) is 4.53. The monoisotopic (exact) mass is 353 g/mol. The number of hydrogen-bond donors (Lipinski definition) is 4. The predicted octanol–water partition coefficient (Wildman–Crippen LogP) is 2.48. The summed E-state index contributed by atoms with van der Waals surface area (Å²) in [5, 5.41) is 16.7. The topological polar surface area (TPSA) is 95.1 Å². The summed E-state index contributed by atoms with van der Waals surface area (Å²) in [7, 11) is 0. The van der Waals surface area contributed by atoms with E-state index in [0.29, 0.717) is 31.6 Å². The van der Waals surface area contributed by atoms with Gasteiger partial charge in [0.1, 0.15) is 5.82 Å². The van der Waals surface area contributed by atoms with Gasteiger partial charge in [-0.15, -0.1) is 0 Å². The first-order valence-electron chi connectivity index (χ1n) is 8.94. The Kier molecular flexibility index (Phi) is 4.99. The predicted molar refractivity (Wildman–Crippen MR) is 101 cm³/mol. The molecule has 26 heavy (non-hydrogen) atoms. The summed E-state index contributed by atoms with van der Waals surface area (Å²) in [5.41, 5.74) is 3.19. The van der Waals surface area contributed by atoms with Gasteiger partial charge in [-0.1, -0.05) is 18.2 Å². The average Bonchev–Trinajstić information content (AvgIpc) is 3.34. The fourth-order valence-corrected chi connectivity index (χ4v) is 3.19. The molecule has 3 aromatic rings. The van der Waals surface area contributed by atoms with Gasteiger partial charge in [0, 0.05) is 36.3 Å². The van der Waals surface area contributed by atoms with Crippen molar-refractivity contribution in [3.8, 4) is 0 Å². The summed E-state index contributed by atoms with van der Waals surface area (Å²) in [5.74, 6) is 1.59. The molecule has 4 rings (SSSR count). The lowest BCUT2D eigenvalue weighted by molar-refractivity contribution is 0.193. The zero-order chi connectivity index (χ0) is 17.8. The molecule has 0 amide bonds. The van der Waals surface area contributed by atoms with Crippen LogP contribution in [0.3, 0.4) is 0 Å². The molecule has 0 spiro atoms. The SMILES string of the molecule is OCCNc1nc(NCc2cc3ccccc3[nH]2)cc([C@H]2CCOC2)n1. The van der Waals surface area contributed by atoms with Crippen LogP contribution in [0.2, 0.25) is 0 Å². The van der Waals surface area contributed by atoms with Crippen LogP contribution in [-0.4, -0.2) is 46.4 Å². The molecule has 1 atom stereocenters. The molecule has 7 nitrogen and oxygen atoms in total. The number of H-pyrrole nitrogens is 1. The second-order valence-electron chi connectivity index (χ2n) is 6.45. The number of anilines is 2. The van der Waals surface area contributed by atoms with Crippen molar-refractivity contribution < 1.29 is 9.84 Å². The fourth-order valence-electron chi connectivity index (χ4n) is 3.19. The molecule has 0 radical (unpaired) electrons. The largest absolute Gasteiger partial charge is 0.395 e. The molecule has 7 heteroatoms. The van der Waals surface area contributed by atoms with Crippen LogP contribution in [0, 0.1) is 0 Å². The van der Waals surface area contributed by atoms with Crippen LogP contribution in [-0.2, 0) is 11.3 Å². The highest BCUT2D eigenvalue weighted by Crippen LogP contribution is 2.26. The van der Waals surface area contributed by atoms with Gasteiger partial charge in [0.2, 0.25) is 5.95 Å². The van der Waals surface area contributed by atoms with Crippen LogP contribution in [0.4, 0.5) is 11.8 Å². The number of nitrogens with one attached hydrogen (secondary N) is 3. The number of benzene rings is 1. The number of aromatic nitrogens is 3. The first-order chi connectivity index (χ1) is 12.8. The van der Waals surface area contributed by atoms with E-state index in [1.54, 1.807) is 0 Å². The number of fused-ring (bicyclic) bond motifs is 1. The van der Waals surface area contributed by atoms with Crippen molar-refractivity contribution in [3.63, 3.8) is 0 Å². The Balaban J connectivity index is 1.52. The van der Waals surface area contributed by atoms with Crippen molar-refractivity contribution in [2.24, 2.45) is 0 Å². The van der Waals surface area contributed by atoms with E-state index in [9.17, 15) is 0 Å². The molecule has 1 aliphatic heterocycles. The van der Waals surface area contributed by atoms with Crippen molar-refractivity contribution >= 4 is 22.7 Å². The van der Waals surface area contributed by atoms with Crippen molar-refractivity contribution in [2.45, 2.75) is 18.9 Å². The maximum absolute atomic E-state index is 9.04. The summed E-state index contributed by atoms with van der Waals surface area (Å²) in [6, 6.07) is 12.3. The molecule has 0 aliphatic carbocycles. The number of aliphatic hydroxyl groups is 1. The van der Waals surface area contributed by atoms with E-state index < -0.39 is 0 Å². The Morgan fingerprint density at radius 3 is 2.92 bits per heavy atom. The van der Waals surface area contributed by atoms with Gasteiger partial charge in [-0.2, -0.15) is 4.98 Å². The van der Waals surface area contributed by atoms with Crippen molar-refractivity contribution in [2.75, 3.05) is 37.0 Å². The Labute approximate surface area is 151 Å². The van der Waals surface area contributed by atoms with Gasteiger partial charge in [0.25, 0.3) is 0 Å². The van der Waals surface area contributed by atoms with Crippen molar-refractivity contribution in [1.82, 2.24) is 15.0 Å². The first-order valence-corrected chi connectivity index (χ1v) is 8.94. The summed E-state index contributed by atoms with van der Waals surface area (Å²) in [6.07, 6.45) is 0.970. The lowest BCUT2D eigenvalue weighted by Crippen LogP contribution is -2.13. The van der Waals surface area contributed by atoms with Crippen LogP contribution in [0.25, 0.3) is 10.9 Å². The van der Waals surface area contributed by atoms with Crippen LogP contribution in [0.5, 0.6) is 0 Å². The van der Waals surface area contributed by atoms with E-state index in [1.165, 1.54) is 5.39 Å². The third kappa shape index (κ3) is 3.79. The van der Waals surface area contributed by atoms with Crippen molar-refractivity contribution in [3.05, 3.63) is 47.8 Å². The fraction of sp³-hybridized carbons (Fsp3) is 0.368. The standard InChI is InChI=1S/C19H23N5O2/c25-7-6-20-19-23-17(14-5-8-26-12-14)10-18(24-19)21-11-15-9-13-3-1-2-4-16(13)22-15/h1-4,9-10,14,22,25H,5-8,11-12H2,(H2,20,21,23,24)/t14-/m0/s1. The van der Waals surface area contributed by atoms with Crippen LogP contribution < -0.4 is 10.6 Å². The number of aliphatic hydroxyl groups excluding tert-OH is 1. The van der Waals surface area contributed by atoms with E-state index in [0.717, 1.165) is 35.8 Å². The smallest absolute Gasteiger partial charge is 0.224 e. The number of nitrogens with zero attached hydrogens (tertiary/aromatic N) is 2. The lowest BCUT2D eigenvalue weighted by Gasteiger charge is -2.13. The van der Waals surface area contributed by atoms with Gasteiger partial charge in [-0.05, 0) is 23.9 Å². The van der Waals surface area contributed by atoms with Gasteiger partial charge in [0.05, 0.1) is 25.5 Å². The highest BCUT2D eigenvalue weighted by Gasteiger charge is 2.20. The second kappa shape index (κ2) is 7.72. The van der Waals surface area contributed by atoms with Crippen LogP contribution >= 0.6 is 0 Å². The minimum absolute atomic E-state index is 0.0396. The first kappa shape index (κ1) is 16.8. The van der Waals surface area contributed by atoms with Gasteiger partial charge in [0.15, 0.2) is 0 Å². The zero-order valence-electron chi connectivity index (χ0n) is 14.5. The molecule has 0 saturated carbocycles. The maximum Gasteiger partial charge on any atom is 0.224 e. The normalized spacial score (nSPS) is 16.9. The van der Waals surface area contributed by atoms with Crippen molar-refractivity contribution in [1.29, 1.82) is 0 Å². The van der Waals surface area contributed by atoms with Crippen LogP contribution in [0.1, 0.15) is 23.7 Å². The summed E-state index contributed by atoms with van der Waals surface area (Å²) in [6.45, 7) is 2.57. The minimum Gasteiger partial charge on any atom is -0.395 e. The third-order valence-corrected chi connectivity index (χ3v) is 4.53.